The molecule has 0 aromatic carbocycles. The lowest BCUT2D eigenvalue weighted by atomic mass is 10.7. The third kappa shape index (κ3) is 8.54. The van der Waals surface area contributed by atoms with Gasteiger partial charge in [0.05, 0.1) is 10.3 Å². The monoisotopic (exact) mass is 348 g/mol. The van der Waals surface area contributed by atoms with Gasteiger partial charge in [-0.2, -0.15) is 0 Å². The van der Waals surface area contributed by atoms with Crippen molar-refractivity contribution in [1.82, 2.24) is 0 Å². The van der Waals surface area contributed by atoms with E-state index < -0.39 is 0 Å². The van der Waals surface area contributed by atoms with Gasteiger partial charge >= 0.3 is 0 Å². The molecule has 0 heterocycles. The van der Waals surface area contributed by atoms with Gasteiger partial charge in [0.15, 0.2) is 0 Å². The Morgan fingerprint density at radius 1 is 1.67 bits per heavy atom. The molecule has 0 fully saturated rings. The predicted molar refractivity (Wildman–Crippen MR) is 58.3 cm³/mol. The molecule has 0 aromatic heterocycles. The van der Waals surface area contributed by atoms with Gasteiger partial charge in [-0.1, -0.05) is 22.6 Å². The minimum atomic E-state index is 0.502. The van der Waals surface area contributed by atoms with Gasteiger partial charge in [-0.3, -0.25) is 10.4 Å². The molecule has 0 aliphatic carbocycles. The normalized spacial score (nSPS) is 11.3. The summed E-state index contributed by atoms with van der Waals surface area (Å²) in [6, 6.07) is 0. The van der Waals surface area contributed by atoms with Crippen LogP contribution in [0.2, 0.25) is 0 Å². The number of nitrogens with zero attached hydrogens (tertiary/aromatic N) is 1. The highest BCUT2D eigenvalue weighted by Crippen LogP contribution is 1.86. The standard InChI is InChI=1S/C5H6I2N2/c6-2-1-3-9-4-5(7)8/h1-3,8H,4H2/b2-1-,8-5?,9-3-. The highest BCUT2D eigenvalue weighted by molar-refractivity contribution is 14.1. The van der Waals surface area contributed by atoms with Crippen LogP contribution in [0.15, 0.2) is 15.2 Å². The Bertz CT molecular complexity index is 140. The molecule has 0 radical (unpaired) electrons. The predicted octanol–water partition coefficient (Wildman–Crippen LogP) is 2.42. The summed E-state index contributed by atoms with van der Waals surface area (Å²) >= 11 is 4.05. The van der Waals surface area contributed by atoms with Gasteiger partial charge in [0.2, 0.25) is 0 Å². The molecule has 0 saturated heterocycles. The first-order valence-corrected chi connectivity index (χ1v) is 4.58. The van der Waals surface area contributed by atoms with Crippen molar-refractivity contribution in [3.8, 4) is 0 Å². The van der Waals surface area contributed by atoms with E-state index in [0.29, 0.717) is 10.3 Å². The van der Waals surface area contributed by atoms with Crippen molar-refractivity contribution in [2.75, 3.05) is 6.54 Å². The zero-order valence-corrected chi connectivity index (χ0v) is 8.96. The van der Waals surface area contributed by atoms with Crippen molar-refractivity contribution < 1.29 is 0 Å². The summed E-state index contributed by atoms with van der Waals surface area (Å²) in [5.74, 6) is 0. The summed E-state index contributed by atoms with van der Waals surface area (Å²) in [6.07, 6.45) is 3.53. The summed E-state index contributed by atoms with van der Waals surface area (Å²) in [4.78, 5) is 3.91. The fourth-order valence-electron chi connectivity index (χ4n) is 0.226. The Morgan fingerprint density at radius 2 is 2.33 bits per heavy atom. The number of halogens is 2. The van der Waals surface area contributed by atoms with Crippen molar-refractivity contribution in [3.63, 3.8) is 0 Å². The van der Waals surface area contributed by atoms with E-state index in [1.165, 1.54) is 0 Å². The molecule has 0 unspecified atom stereocenters. The van der Waals surface area contributed by atoms with Crippen LogP contribution in [-0.4, -0.2) is 16.5 Å². The highest BCUT2D eigenvalue weighted by atomic mass is 127. The third-order valence-electron chi connectivity index (χ3n) is 0.494. The smallest absolute Gasteiger partial charge is 0.0908 e. The molecule has 0 bridgehead atoms. The molecule has 0 aliphatic rings. The summed E-state index contributed by atoms with van der Waals surface area (Å²) < 4.78 is 2.43. The highest BCUT2D eigenvalue weighted by Gasteiger charge is 1.80. The molecule has 1 N–H and O–H groups in total. The Kier molecular flexibility index (Phi) is 7.06. The van der Waals surface area contributed by atoms with Crippen molar-refractivity contribution in [1.29, 1.82) is 5.41 Å². The van der Waals surface area contributed by atoms with E-state index in [1.54, 1.807) is 6.21 Å². The van der Waals surface area contributed by atoms with Crippen molar-refractivity contribution in [2.45, 2.75) is 0 Å². The quantitative estimate of drug-likeness (QED) is 0.601. The molecule has 0 rings (SSSR count). The Hall–Kier alpha value is 0.540. The first-order valence-electron chi connectivity index (χ1n) is 2.25. The van der Waals surface area contributed by atoms with Crippen LogP contribution in [0.25, 0.3) is 0 Å². The third-order valence-corrected chi connectivity index (χ3v) is 1.25. The number of aliphatic imine (C=N–C) groups is 1. The Labute approximate surface area is 81.6 Å². The summed E-state index contributed by atoms with van der Waals surface area (Å²) in [7, 11) is 0. The maximum Gasteiger partial charge on any atom is 0.0908 e. The summed E-state index contributed by atoms with van der Waals surface area (Å²) in [5, 5.41) is 6.98. The number of nitrogens with one attached hydrogen (secondary N) is 1. The van der Waals surface area contributed by atoms with Crippen LogP contribution < -0.4 is 0 Å². The van der Waals surface area contributed by atoms with Gasteiger partial charge in [-0.15, -0.1) is 0 Å². The van der Waals surface area contributed by atoms with E-state index in [-0.39, 0.29) is 0 Å². The van der Waals surface area contributed by atoms with Crippen LogP contribution >= 0.6 is 45.2 Å². The average Bonchev–Trinajstić information content (AvgIpc) is 1.80. The van der Waals surface area contributed by atoms with Gasteiger partial charge in [0, 0.05) is 6.21 Å². The van der Waals surface area contributed by atoms with Crippen molar-refractivity contribution in [3.05, 3.63) is 10.2 Å². The largest absolute Gasteiger partial charge is 0.297 e. The van der Waals surface area contributed by atoms with Crippen molar-refractivity contribution in [2.24, 2.45) is 4.99 Å². The molecule has 0 atom stereocenters. The summed E-state index contributed by atoms with van der Waals surface area (Å²) in [6.45, 7) is 0.502. The second kappa shape index (κ2) is 6.66. The van der Waals surface area contributed by atoms with Gasteiger partial charge in [-0.25, -0.2) is 0 Å². The Morgan fingerprint density at radius 3 is 2.78 bits per heavy atom. The van der Waals surface area contributed by atoms with E-state index in [0.717, 1.165) is 0 Å². The maximum atomic E-state index is 6.98. The van der Waals surface area contributed by atoms with E-state index in [9.17, 15) is 0 Å². The minimum absolute atomic E-state index is 0.502. The van der Waals surface area contributed by atoms with Crippen LogP contribution in [0.5, 0.6) is 0 Å². The minimum Gasteiger partial charge on any atom is -0.297 e. The van der Waals surface area contributed by atoms with Crippen molar-refractivity contribution >= 4 is 55.1 Å². The summed E-state index contributed by atoms with van der Waals surface area (Å²) in [5.41, 5.74) is 0. The molecule has 9 heavy (non-hydrogen) atoms. The average molecular weight is 348 g/mol. The molecule has 0 aromatic rings. The van der Waals surface area contributed by atoms with Crippen LogP contribution in [0.4, 0.5) is 0 Å². The zero-order valence-electron chi connectivity index (χ0n) is 4.64. The molecular weight excluding hydrogens is 342 g/mol. The molecule has 0 amide bonds. The Balaban J connectivity index is 3.36. The second-order valence-corrected chi connectivity index (χ2v) is 3.23. The van der Waals surface area contributed by atoms with Gasteiger partial charge in [0.25, 0.3) is 0 Å². The number of rotatable bonds is 3. The van der Waals surface area contributed by atoms with Crippen LogP contribution in [0, 0.1) is 5.41 Å². The first-order chi connectivity index (χ1) is 4.27. The number of hydrogen-bond donors (Lipinski definition) is 1. The topological polar surface area (TPSA) is 36.2 Å². The second-order valence-electron chi connectivity index (χ2n) is 1.21. The van der Waals surface area contributed by atoms with E-state index in [1.807, 2.05) is 32.7 Å². The van der Waals surface area contributed by atoms with E-state index >= 15 is 0 Å². The van der Waals surface area contributed by atoms with Gasteiger partial charge in [-0.05, 0) is 32.7 Å². The van der Waals surface area contributed by atoms with E-state index in [4.69, 9.17) is 5.41 Å². The fourth-order valence-corrected chi connectivity index (χ4v) is 0.609. The molecular formula is C5H6I2N2. The maximum absolute atomic E-state index is 6.98. The number of hydrogen-bond acceptors (Lipinski definition) is 2. The van der Waals surface area contributed by atoms with Crippen LogP contribution in [0.1, 0.15) is 0 Å². The molecule has 2 nitrogen and oxygen atoms in total. The molecule has 4 heteroatoms. The zero-order chi connectivity index (χ0) is 7.11. The number of allylic oxidation sites excluding steroid dienone is 1. The molecule has 0 spiro atoms. The SMILES string of the molecule is N=C(I)C/N=C\C=C/I. The molecule has 50 valence electrons. The lowest BCUT2D eigenvalue weighted by Gasteiger charge is -1.82. The fraction of sp³-hybridized carbons (Fsp3) is 0.200. The van der Waals surface area contributed by atoms with Gasteiger partial charge < -0.3 is 0 Å². The molecule has 0 aliphatic heterocycles. The lowest BCUT2D eigenvalue weighted by molar-refractivity contribution is 1.31. The first kappa shape index (κ1) is 9.54. The van der Waals surface area contributed by atoms with E-state index in [2.05, 4.69) is 27.6 Å². The molecule has 0 saturated carbocycles. The van der Waals surface area contributed by atoms with Gasteiger partial charge in [0.1, 0.15) is 0 Å². The van der Waals surface area contributed by atoms with Crippen LogP contribution in [0.3, 0.4) is 0 Å². The lowest BCUT2D eigenvalue weighted by Crippen LogP contribution is -1.87. The van der Waals surface area contributed by atoms with Crippen LogP contribution in [-0.2, 0) is 0 Å².